The third-order valence-corrected chi connectivity index (χ3v) is 6.73. The van der Waals surface area contributed by atoms with Crippen LogP contribution in [-0.2, 0) is 9.53 Å². The number of hydrogen-bond donors (Lipinski definition) is 3. The fourth-order valence-corrected chi connectivity index (χ4v) is 5.22. The summed E-state index contributed by atoms with van der Waals surface area (Å²) in [5.41, 5.74) is 1.88. The number of hydrogen-bond acceptors (Lipinski definition) is 7. The summed E-state index contributed by atoms with van der Waals surface area (Å²) in [6.45, 7) is 0. The van der Waals surface area contributed by atoms with Crippen molar-refractivity contribution in [2.45, 2.75) is 48.6 Å². The molecule has 0 radical (unpaired) electrons. The van der Waals surface area contributed by atoms with Crippen LogP contribution in [0.25, 0.3) is 10.2 Å². The predicted molar refractivity (Wildman–Crippen MR) is 108 cm³/mol. The summed E-state index contributed by atoms with van der Waals surface area (Å²) in [6.07, 6.45) is 2.74. The molecule has 1 amide bonds. The lowest BCUT2D eigenvalue weighted by molar-refractivity contribution is -0.130. The molecule has 0 aliphatic heterocycles. The number of aromatic nitrogens is 1. The van der Waals surface area contributed by atoms with E-state index < -0.39 is 12.3 Å². The van der Waals surface area contributed by atoms with Crippen LogP contribution < -0.4 is 10.6 Å². The third-order valence-electron chi connectivity index (χ3n) is 4.50. The molecule has 27 heavy (non-hydrogen) atoms. The molecule has 0 bridgehead atoms. The van der Waals surface area contributed by atoms with E-state index in [0.717, 1.165) is 45.9 Å². The van der Waals surface area contributed by atoms with Gasteiger partial charge in [0.2, 0.25) is 0 Å². The predicted octanol–water partition coefficient (Wildman–Crippen LogP) is 3.94. The normalized spacial score (nSPS) is 16.0. The van der Waals surface area contributed by atoms with Crippen molar-refractivity contribution in [2.75, 3.05) is 18.1 Å². The second-order valence-electron chi connectivity index (χ2n) is 6.44. The Balaban J connectivity index is 1.63. The first-order valence-corrected chi connectivity index (χ1v) is 10.8. The molecule has 1 aliphatic carbocycles. The number of anilines is 1. The lowest BCUT2D eigenvalue weighted by Crippen LogP contribution is -2.44. The number of amides is 1. The Labute approximate surface area is 165 Å². The SMILES string of the molecule is CNc1ccc2nc(SCC(OC(=O)O)C(=O)NC3CCCCC3)sc2c1. The minimum atomic E-state index is -1.44. The fourth-order valence-electron chi connectivity index (χ4n) is 3.09. The van der Waals surface area contributed by atoms with Crippen molar-refractivity contribution in [1.82, 2.24) is 10.3 Å². The zero-order valence-corrected chi connectivity index (χ0v) is 16.7. The first-order valence-electron chi connectivity index (χ1n) is 8.96. The number of ether oxygens (including phenoxy) is 1. The molecule has 1 aromatic carbocycles. The lowest BCUT2D eigenvalue weighted by atomic mass is 9.95. The number of thioether (sulfide) groups is 1. The highest BCUT2D eigenvalue weighted by molar-refractivity contribution is 8.01. The summed E-state index contributed by atoms with van der Waals surface area (Å²) < 4.78 is 6.65. The van der Waals surface area contributed by atoms with Crippen LogP contribution in [0.5, 0.6) is 0 Å². The Hall–Kier alpha value is -2.00. The van der Waals surface area contributed by atoms with Crippen molar-refractivity contribution < 1.29 is 19.4 Å². The van der Waals surface area contributed by atoms with Crippen molar-refractivity contribution >= 4 is 51.1 Å². The molecule has 1 aromatic heterocycles. The Morgan fingerprint density at radius 2 is 2.15 bits per heavy atom. The number of rotatable bonds is 7. The summed E-state index contributed by atoms with van der Waals surface area (Å²) in [5, 5.41) is 15.0. The van der Waals surface area contributed by atoms with Crippen LogP contribution in [0.3, 0.4) is 0 Å². The molecule has 1 aliphatic rings. The number of thiazole rings is 1. The van der Waals surface area contributed by atoms with E-state index in [-0.39, 0.29) is 17.7 Å². The number of nitrogens with one attached hydrogen (secondary N) is 2. The largest absolute Gasteiger partial charge is 0.506 e. The highest BCUT2D eigenvalue weighted by Gasteiger charge is 2.26. The number of carbonyl (C=O) groups excluding carboxylic acids is 1. The van der Waals surface area contributed by atoms with Gasteiger partial charge in [0.25, 0.3) is 5.91 Å². The standard InChI is InChI=1S/C18H23N3O4S2/c1-19-12-7-8-13-15(9-12)27-17(21-13)26-10-14(25-18(23)24)16(22)20-11-5-3-2-4-6-11/h7-9,11,14,19H,2-6,10H2,1H3,(H,20,22)(H,23,24). The first kappa shape index (κ1) is 19.8. The number of carbonyl (C=O) groups is 2. The Morgan fingerprint density at radius 1 is 1.37 bits per heavy atom. The van der Waals surface area contributed by atoms with E-state index in [2.05, 4.69) is 15.6 Å². The molecular weight excluding hydrogens is 386 g/mol. The van der Waals surface area contributed by atoms with E-state index in [9.17, 15) is 9.59 Å². The molecular formula is C18H23N3O4S2. The lowest BCUT2D eigenvalue weighted by Gasteiger charge is -2.24. The number of benzene rings is 1. The maximum atomic E-state index is 12.5. The second kappa shape index (κ2) is 9.27. The molecule has 0 spiro atoms. The van der Waals surface area contributed by atoms with Crippen LogP contribution in [0.4, 0.5) is 10.5 Å². The van der Waals surface area contributed by atoms with Gasteiger partial charge in [0.05, 0.1) is 10.2 Å². The van der Waals surface area contributed by atoms with Crippen molar-refractivity contribution in [3.05, 3.63) is 18.2 Å². The van der Waals surface area contributed by atoms with Gasteiger partial charge in [0.15, 0.2) is 10.4 Å². The summed E-state index contributed by atoms with van der Waals surface area (Å²) in [7, 11) is 1.86. The Kier molecular flexibility index (Phi) is 6.78. The highest BCUT2D eigenvalue weighted by atomic mass is 32.2. The average Bonchev–Trinajstić information content (AvgIpc) is 3.07. The van der Waals surface area contributed by atoms with E-state index in [1.807, 2.05) is 25.2 Å². The molecule has 0 saturated heterocycles. The van der Waals surface area contributed by atoms with Crippen LogP contribution in [0.15, 0.2) is 22.5 Å². The van der Waals surface area contributed by atoms with Crippen LogP contribution in [0.1, 0.15) is 32.1 Å². The number of carboxylic acid groups (broad SMARTS) is 1. The van der Waals surface area contributed by atoms with Gasteiger partial charge in [0, 0.05) is 24.5 Å². The quantitative estimate of drug-likeness (QED) is 0.470. The van der Waals surface area contributed by atoms with Gasteiger partial charge < -0.3 is 20.5 Å². The third kappa shape index (κ3) is 5.49. The summed E-state index contributed by atoms with van der Waals surface area (Å²) in [4.78, 5) is 28.0. The zero-order chi connectivity index (χ0) is 19.2. The average molecular weight is 410 g/mol. The molecule has 146 valence electrons. The van der Waals surface area contributed by atoms with E-state index >= 15 is 0 Å². The molecule has 1 saturated carbocycles. The van der Waals surface area contributed by atoms with Gasteiger partial charge in [-0.05, 0) is 31.0 Å². The van der Waals surface area contributed by atoms with Gasteiger partial charge >= 0.3 is 6.16 Å². The van der Waals surface area contributed by atoms with Gasteiger partial charge in [-0.2, -0.15) is 0 Å². The number of fused-ring (bicyclic) bond motifs is 1. The van der Waals surface area contributed by atoms with Gasteiger partial charge in [-0.25, -0.2) is 9.78 Å². The maximum absolute atomic E-state index is 12.5. The summed E-state index contributed by atoms with van der Waals surface area (Å²) in [5.74, 6) is -0.167. The van der Waals surface area contributed by atoms with Gasteiger partial charge in [-0.15, -0.1) is 11.3 Å². The smallest absolute Gasteiger partial charge is 0.450 e. The summed E-state index contributed by atoms with van der Waals surface area (Å²) >= 11 is 2.85. The molecule has 1 fully saturated rings. The Bertz CT molecular complexity index is 805. The second-order valence-corrected chi connectivity index (χ2v) is 8.74. The molecule has 3 N–H and O–H groups in total. The van der Waals surface area contributed by atoms with Gasteiger partial charge in [-0.1, -0.05) is 31.0 Å². The van der Waals surface area contributed by atoms with Crippen LogP contribution in [0.2, 0.25) is 0 Å². The molecule has 2 aromatic rings. The van der Waals surface area contributed by atoms with E-state index in [1.54, 1.807) is 0 Å². The van der Waals surface area contributed by atoms with Crippen molar-refractivity contribution in [3.63, 3.8) is 0 Å². The molecule has 3 rings (SSSR count). The van der Waals surface area contributed by atoms with E-state index in [1.165, 1.54) is 29.5 Å². The zero-order valence-electron chi connectivity index (χ0n) is 15.1. The fraction of sp³-hybridized carbons (Fsp3) is 0.500. The number of nitrogens with zero attached hydrogens (tertiary/aromatic N) is 1. The van der Waals surface area contributed by atoms with Crippen LogP contribution >= 0.6 is 23.1 Å². The Morgan fingerprint density at radius 3 is 2.85 bits per heavy atom. The van der Waals surface area contributed by atoms with Crippen LogP contribution in [-0.4, -0.2) is 47.1 Å². The van der Waals surface area contributed by atoms with Gasteiger partial charge in [-0.3, -0.25) is 4.79 Å². The minimum absolute atomic E-state index is 0.110. The maximum Gasteiger partial charge on any atom is 0.506 e. The summed E-state index contributed by atoms with van der Waals surface area (Å²) in [6, 6.07) is 6.00. The highest BCUT2D eigenvalue weighted by Crippen LogP contribution is 2.32. The van der Waals surface area contributed by atoms with Gasteiger partial charge in [0.1, 0.15) is 0 Å². The molecule has 7 nitrogen and oxygen atoms in total. The van der Waals surface area contributed by atoms with E-state index in [4.69, 9.17) is 9.84 Å². The van der Waals surface area contributed by atoms with Crippen LogP contribution in [0, 0.1) is 0 Å². The molecule has 9 heteroatoms. The first-order chi connectivity index (χ1) is 13.0. The van der Waals surface area contributed by atoms with Crippen molar-refractivity contribution in [3.8, 4) is 0 Å². The minimum Gasteiger partial charge on any atom is -0.450 e. The molecule has 1 unspecified atom stereocenters. The van der Waals surface area contributed by atoms with Crippen molar-refractivity contribution in [1.29, 1.82) is 0 Å². The molecule has 1 atom stereocenters. The topological polar surface area (TPSA) is 101 Å². The molecule has 1 heterocycles. The van der Waals surface area contributed by atoms with E-state index in [0.29, 0.717) is 0 Å². The van der Waals surface area contributed by atoms with Crippen molar-refractivity contribution in [2.24, 2.45) is 0 Å². The monoisotopic (exact) mass is 409 g/mol.